The summed E-state index contributed by atoms with van der Waals surface area (Å²) < 4.78 is 5.79. The normalized spacial score (nSPS) is 18.9. The van der Waals surface area contributed by atoms with Crippen LogP contribution in [0.4, 0.5) is 11.5 Å². The lowest BCUT2D eigenvalue weighted by atomic mass is 9.85. The van der Waals surface area contributed by atoms with Crippen LogP contribution in [-0.2, 0) is 4.79 Å². The molecular weight excluding hydrogens is 404 g/mol. The number of para-hydroxylation sites is 1. The first kappa shape index (κ1) is 20.4. The van der Waals surface area contributed by atoms with Crippen molar-refractivity contribution in [1.29, 1.82) is 0 Å². The molecule has 0 bridgehead atoms. The van der Waals surface area contributed by atoms with Gasteiger partial charge in [-0.3, -0.25) is 9.59 Å². The van der Waals surface area contributed by atoms with Gasteiger partial charge < -0.3 is 20.4 Å². The predicted molar refractivity (Wildman–Crippen MR) is 117 cm³/mol. The second-order valence-corrected chi connectivity index (χ2v) is 7.88. The van der Waals surface area contributed by atoms with Crippen molar-refractivity contribution in [3.05, 3.63) is 53.4 Å². The van der Waals surface area contributed by atoms with E-state index in [9.17, 15) is 9.59 Å². The minimum Gasteiger partial charge on any atom is -0.449 e. The van der Waals surface area contributed by atoms with E-state index in [-0.39, 0.29) is 17.6 Å². The highest BCUT2D eigenvalue weighted by Gasteiger charge is 2.28. The lowest BCUT2D eigenvalue weighted by Gasteiger charge is -2.27. The van der Waals surface area contributed by atoms with Crippen LogP contribution in [0.25, 0.3) is 11.0 Å². The summed E-state index contributed by atoms with van der Waals surface area (Å²) in [5.74, 6) is -0.278. The summed E-state index contributed by atoms with van der Waals surface area (Å²) in [5, 5.41) is 10.1. The Morgan fingerprint density at radius 1 is 1.07 bits per heavy atom. The topological polar surface area (TPSA) is 96.3 Å². The number of furan rings is 1. The Hall–Kier alpha value is -2.90. The summed E-state index contributed by atoms with van der Waals surface area (Å²) in [5.41, 5.74) is 0.915. The standard InChI is InChI=1S/C22H23ClN4O3/c1-24-15-9-6-13(7-10-15)21(28)27-19-16-4-2-3-5-17(16)30-20(19)22(29)26-18-11-8-14(23)12-25-18/h2-5,8,11-13,15,24H,6-7,9-10H2,1H3,(H,27,28)(H,25,26,29). The first-order valence-electron chi connectivity index (χ1n) is 9.97. The van der Waals surface area contributed by atoms with Gasteiger partial charge in [0, 0.05) is 23.5 Å². The number of nitrogens with one attached hydrogen (secondary N) is 3. The summed E-state index contributed by atoms with van der Waals surface area (Å²) in [4.78, 5) is 29.9. The number of benzene rings is 1. The Balaban J connectivity index is 1.58. The van der Waals surface area contributed by atoms with Crippen LogP contribution in [0.2, 0.25) is 5.02 Å². The summed E-state index contributed by atoms with van der Waals surface area (Å²) in [6.07, 6.45) is 4.97. The fourth-order valence-electron chi connectivity index (χ4n) is 3.82. The Morgan fingerprint density at radius 3 is 2.53 bits per heavy atom. The summed E-state index contributed by atoms with van der Waals surface area (Å²) in [6, 6.07) is 10.9. The Morgan fingerprint density at radius 2 is 1.83 bits per heavy atom. The Labute approximate surface area is 179 Å². The van der Waals surface area contributed by atoms with Crippen LogP contribution in [0.3, 0.4) is 0 Å². The number of pyridine rings is 1. The van der Waals surface area contributed by atoms with Crippen LogP contribution in [0, 0.1) is 5.92 Å². The van der Waals surface area contributed by atoms with Crippen LogP contribution in [0.15, 0.2) is 47.0 Å². The largest absolute Gasteiger partial charge is 0.449 e. The molecule has 8 heteroatoms. The first-order valence-corrected chi connectivity index (χ1v) is 10.4. The van der Waals surface area contributed by atoms with Gasteiger partial charge in [0.25, 0.3) is 5.91 Å². The number of carbonyl (C=O) groups is 2. The first-order chi connectivity index (χ1) is 14.5. The van der Waals surface area contributed by atoms with Crippen LogP contribution in [0.1, 0.15) is 36.2 Å². The molecule has 30 heavy (non-hydrogen) atoms. The maximum atomic E-state index is 12.9. The molecule has 4 rings (SSSR count). The van der Waals surface area contributed by atoms with Crippen molar-refractivity contribution in [1.82, 2.24) is 10.3 Å². The number of hydrogen-bond donors (Lipinski definition) is 3. The number of fused-ring (bicyclic) bond motifs is 1. The maximum absolute atomic E-state index is 12.9. The number of aromatic nitrogens is 1. The quantitative estimate of drug-likeness (QED) is 0.560. The molecule has 3 aromatic rings. The van der Waals surface area contributed by atoms with Crippen LogP contribution in [0.5, 0.6) is 0 Å². The molecule has 0 unspecified atom stereocenters. The highest BCUT2D eigenvalue weighted by Crippen LogP contribution is 2.33. The molecular formula is C22H23ClN4O3. The van der Waals surface area contributed by atoms with Gasteiger partial charge in [-0.05, 0) is 57.0 Å². The zero-order chi connectivity index (χ0) is 21.1. The lowest BCUT2D eigenvalue weighted by Crippen LogP contribution is -2.34. The van der Waals surface area contributed by atoms with Crippen molar-refractivity contribution in [3.63, 3.8) is 0 Å². The SMILES string of the molecule is CNC1CCC(C(=O)Nc2c(C(=O)Nc3ccc(Cl)cn3)oc3ccccc23)CC1. The second kappa shape index (κ2) is 8.85. The van der Waals surface area contributed by atoms with Gasteiger partial charge in [-0.25, -0.2) is 4.98 Å². The number of amides is 2. The molecule has 7 nitrogen and oxygen atoms in total. The zero-order valence-corrected chi connectivity index (χ0v) is 17.3. The molecule has 0 atom stereocenters. The van der Waals surface area contributed by atoms with Gasteiger partial charge in [0.05, 0.1) is 5.02 Å². The summed E-state index contributed by atoms with van der Waals surface area (Å²) in [6.45, 7) is 0. The molecule has 2 amide bonds. The van der Waals surface area contributed by atoms with Gasteiger partial charge >= 0.3 is 0 Å². The van der Waals surface area contributed by atoms with E-state index in [1.54, 1.807) is 18.2 Å². The zero-order valence-electron chi connectivity index (χ0n) is 16.6. The van der Waals surface area contributed by atoms with E-state index in [1.807, 2.05) is 25.2 Å². The maximum Gasteiger partial charge on any atom is 0.294 e. The van der Waals surface area contributed by atoms with E-state index >= 15 is 0 Å². The highest BCUT2D eigenvalue weighted by atomic mass is 35.5. The van der Waals surface area contributed by atoms with Crippen molar-refractivity contribution in [2.45, 2.75) is 31.7 Å². The second-order valence-electron chi connectivity index (χ2n) is 7.44. The van der Waals surface area contributed by atoms with E-state index < -0.39 is 5.91 Å². The summed E-state index contributed by atoms with van der Waals surface area (Å²) in [7, 11) is 1.95. The van der Waals surface area contributed by atoms with E-state index in [1.165, 1.54) is 6.20 Å². The number of rotatable bonds is 5. The van der Waals surface area contributed by atoms with E-state index in [2.05, 4.69) is 20.9 Å². The van der Waals surface area contributed by atoms with Gasteiger partial charge in [-0.2, -0.15) is 0 Å². The molecule has 1 aliphatic carbocycles. The molecule has 2 heterocycles. The molecule has 0 spiro atoms. The highest BCUT2D eigenvalue weighted by molar-refractivity contribution is 6.30. The molecule has 0 aliphatic heterocycles. The minimum absolute atomic E-state index is 0.0465. The smallest absolute Gasteiger partial charge is 0.294 e. The molecule has 0 saturated heterocycles. The molecule has 156 valence electrons. The van der Waals surface area contributed by atoms with Gasteiger partial charge in [0.15, 0.2) is 0 Å². The molecule has 3 N–H and O–H groups in total. The Kier molecular flexibility index (Phi) is 6.01. The fourth-order valence-corrected chi connectivity index (χ4v) is 3.93. The molecule has 1 aliphatic rings. The molecule has 1 saturated carbocycles. The Bertz CT molecular complexity index is 1060. The van der Waals surface area contributed by atoms with E-state index in [4.69, 9.17) is 16.0 Å². The van der Waals surface area contributed by atoms with Crippen LogP contribution < -0.4 is 16.0 Å². The van der Waals surface area contributed by atoms with Gasteiger partial charge in [-0.1, -0.05) is 23.7 Å². The third-order valence-corrected chi connectivity index (χ3v) is 5.75. The van der Waals surface area contributed by atoms with E-state index in [0.717, 1.165) is 25.7 Å². The van der Waals surface area contributed by atoms with Gasteiger partial charge in [0.2, 0.25) is 11.7 Å². The van der Waals surface area contributed by atoms with Crippen molar-refractivity contribution in [2.24, 2.45) is 5.92 Å². The van der Waals surface area contributed by atoms with Crippen molar-refractivity contribution < 1.29 is 14.0 Å². The van der Waals surface area contributed by atoms with Crippen molar-refractivity contribution in [2.75, 3.05) is 17.7 Å². The van der Waals surface area contributed by atoms with Crippen molar-refractivity contribution >= 4 is 45.9 Å². The number of anilines is 2. The average Bonchev–Trinajstić information content (AvgIpc) is 3.14. The van der Waals surface area contributed by atoms with Gasteiger partial charge in [0.1, 0.15) is 17.1 Å². The monoisotopic (exact) mass is 426 g/mol. The average molecular weight is 427 g/mol. The lowest BCUT2D eigenvalue weighted by molar-refractivity contribution is -0.120. The molecule has 0 radical (unpaired) electrons. The van der Waals surface area contributed by atoms with Crippen LogP contribution >= 0.6 is 11.6 Å². The molecule has 1 fully saturated rings. The van der Waals surface area contributed by atoms with Crippen molar-refractivity contribution in [3.8, 4) is 0 Å². The number of halogens is 1. The fraction of sp³-hybridized carbons (Fsp3) is 0.318. The third kappa shape index (κ3) is 4.32. The van der Waals surface area contributed by atoms with Crippen LogP contribution in [-0.4, -0.2) is 29.9 Å². The number of carbonyl (C=O) groups excluding carboxylic acids is 2. The summed E-state index contributed by atoms with van der Waals surface area (Å²) >= 11 is 5.85. The van der Waals surface area contributed by atoms with Gasteiger partial charge in [-0.15, -0.1) is 0 Å². The van der Waals surface area contributed by atoms with E-state index in [0.29, 0.717) is 33.5 Å². The molecule has 1 aromatic carbocycles. The number of hydrogen-bond acceptors (Lipinski definition) is 5. The third-order valence-electron chi connectivity index (χ3n) is 5.53. The predicted octanol–water partition coefficient (Wildman–Crippen LogP) is 4.45. The minimum atomic E-state index is -0.491. The molecule has 2 aromatic heterocycles. The number of nitrogens with zero attached hydrogens (tertiary/aromatic N) is 1.